The van der Waals surface area contributed by atoms with Crippen LogP contribution in [0.4, 0.5) is 0 Å². The number of rotatable bonds is 1. The molecule has 0 aromatic heterocycles. The maximum absolute atomic E-state index is 11.3. The van der Waals surface area contributed by atoms with Crippen LogP contribution in [-0.2, 0) is 11.0 Å². The summed E-state index contributed by atoms with van der Waals surface area (Å²) in [6.45, 7) is 3.97. The highest BCUT2D eigenvalue weighted by Gasteiger charge is 2.54. The second-order valence-electron chi connectivity index (χ2n) is 5.78. The first-order chi connectivity index (χ1) is 9.40. The summed E-state index contributed by atoms with van der Waals surface area (Å²) in [6.07, 6.45) is 0. The number of alkyl halides is 2. The summed E-state index contributed by atoms with van der Waals surface area (Å²) in [5.41, 5.74) is 2.09. The molecule has 2 aromatic rings. The van der Waals surface area contributed by atoms with E-state index in [1.165, 1.54) is 0 Å². The van der Waals surface area contributed by atoms with Crippen molar-refractivity contribution in [2.45, 2.75) is 29.7 Å². The van der Waals surface area contributed by atoms with Crippen LogP contribution in [0.2, 0.25) is 0 Å². The Hall–Kier alpha value is -1.02. The third-order valence-corrected chi connectivity index (χ3v) is 5.13. The molecule has 0 aliphatic heterocycles. The van der Waals surface area contributed by atoms with Crippen LogP contribution in [0.1, 0.15) is 25.0 Å². The van der Waals surface area contributed by atoms with Crippen LogP contribution in [0.25, 0.3) is 11.1 Å². The van der Waals surface area contributed by atoms with Crippen molar-refractivity contribution in [3.05, 3.63) is 59.7 Å². The Kier molecular flexibility index (Phi) is 3.13. The lowest BCUT2D eigenvalue weighted by atomic mass is 9.61. The third kappa shape index (κ3) is 1.60. The zero-order chi connectivity index (χ0) is 14.5. The van der Waals surface area contributed by atoms with Crippen molar-refractivity contribution in [3.8, 4) is 11.1 Å². The van der Waals surface area contributed by atoms with Gasteiger partial charge in [0.2, 0.25) is 0 Å². The fraction of sp³-hybridized carbons (Fsp3) is 0.294. The average molecular weight is 307 g/mol. The van der Waals surface area contributed by atoms with Gasteiger partial charge in [0.25, 0.3) is 0 Å². The van der Waals surface area contributed by atoms with Crippen molar-refractivity contribution in [2.24, 2.45) is 0 Å². The van der Waals surface area contributed by atoms with Gasteiger partial charge in [0.1, 0.15) is 10.4 Å². The Morgan fingerprint density at radius 3 is 1.85 bits per heavy atom. The van der Waals surface area contributed by atoms with Gasteiger partial charge >= 0.3 is 0 Å². The minimum atomic E-state index is -1.32. The number of hydrogen-bond acceptors (Lipinski definition) is 1. The van der Waals surface area contributed by atoms with Crippen molar-refractivity contribution in [1.82, 2.24) is 0 Å². The summed E-state index contributed by atoms with van der Waals surface area (Å²) in [6, 6.07) is 15.9. The molecule has 2 aromatic carbocycles. The van der Waals surface area contributed by atoms with Crippen molar-refractivity contribution >= 4 is 23.2 Å². The number of fused-ring (bicyclic) bond motifs is 3. The van der Waals surface area contributed by atoms with Crippen LogP contribution in [0.5, 0.6) is 0 Å². The second-order valence-corrected chi connectivity index (χ2v) is 6.88. The van der Waals surface area contributed by atoms with Crippen LogP contribution in [-0.4, -0.2) is 9.94 Å². The molecule has 0 saturated carbocycles. The zero-order valence-electron chi connectivity index (χ0n) is 11.4. The molecule has 1 aliphatic rings. The molecule has 0 radical (unpaired) electrons. The standard InChI is InChI=1S/C17H16Cl2O/c1-16(2)13-9-5-3-7-11(13)12-8-4-6-10-14(12)17(16,20)15(18)19/h3-10,15,20H,1-2H3. The van der Waals surface area contributed by atoms with Gasteiger partial charge in [-0.3, -0.25) is 0 Å². The molecule has 0 saturated heterocycles. The van der Waals surface area contributed by atoms with E-state index in [1.54, 1.807) is 0 Å². The summed E-state index contributed by atoms with van der Waals surface area (Å²) in [7, 11) is 0. The number of hydrogen-bond donors (Lipinski definition) is 1. The topological polar surface area (TPSA) is 20.2 Å². The van der Waals surface area contributed by atoms with Crippen LogP contribution >= 0.6 is 23.2 Å². The smallest absolute Gasteiger partial charge is 0.141 e. The Bertz CT molecular complexity index is 664. The van der Waals surface area contributed by atoms with E-state index in [-0.39, 0.29) is 0 Å². The van der Waals surface area contributed by atoms with Gasteiger partial charge in [-0.2, -0.15) is 0 Å². The van der Waals surface area contributed by atoms with E-state index in [9.17, 15) is 5.11 Å². The molecule has 0 fully saturated rings. The Labute approximate surface area is 129 Å². The molecule has 1 nitrogen and oxygen atoms in total. The minimum Gasteiger partial charge on any atom is -0.381 e. The first kappa shape index (κ1) is 13.9. The van der Waals surface area contributed by atoms with Gasteiger partial charge in [-0.05, 0) is 22.3 Å². The lowest BCUT2D eigenvalue weighted by Gasteiger charge is -2.49. The summed E-state index contributed by atoms with van der Waals surface area (Å²) in [5.74, 6) is 0. The van der Waals surface area contributed by atoms with E-state index < -0.39 is 15.9 Å². The minimum absolute atomic E-state index is 0.577. The molecule has 0 heterocycles. The molecule has 3 rings (SSSR count). The molecule has 1 N–H and O–H groups in total. The first-order valence-corrected chi connectivity index (χ1v) is 7.48. The van der Waals surface area contributed by atoms with Crippen molar-refractivity contribution in [2.75, 3.05) is 0 Å². The maximum Gasteiger partial charge on any atom is 0.141 e. The lowest BCUT2D eigenvalue weighted by Crippen LogP contribution is -2.52. The summed E-state index contributed by atoms with van der Waals surface area (Å²) < 4.78 is 0. The molecular weight excluding hydrogens is 291 g/mol. The van der Waals surface area contributed by atoms with E-state index in [0.717, 1.165) is 22.3 Å². The summed E-state index contributed by atoms with van der Waals surface area (Å²) in [5, 5.41) is 11.3. The van der Waals surface area contributed by atoms with Gasteiger partial charge in [0, 0.05) is 5.41 Å². The van der Waals surface area contributed by atoms with Crippen molar-refractivity contribution in [3.63, 3.8) is 0 Å². The monoisotopic (exact) mass is 306 g/mol. The molecule has 1 atom stereocenters. The SMILES string of the molecule is CC1(C)c2ccccc2-c2ccccc2C1(O)C(Cl)Cl. The van der Waals surface area contributed by atoms with Crippen LogP contribution in [0, 0.1) is 0 Å². The maximum atomic E-state index is 11.3. The summed E-state index contributed by atoms with van der Waals surface area (Å²) >= 11 is 12.4. The van der Waals surface area contributed by atoms with Gasteiger partial charge in [0.05, 0.1) is 0 Å². The Morgan fingerprint density at radius 2 is 1.30 bits per heavy atom. The quantitative estimate of drug-likeness (QED) is 0.761. The largest absolute Gasteiger partial charge is 0.381 e. The van der Waals surface area contributed by atoms with Gasteiger partial charge in [-0.1, -0.05) is 62.4 Å². The molecule has 0 amide bonds. The number of halogens is 2. The molecule has 1 aliphatic carbocycles. The van der Waals surface area contributed by atoms with Crippen LogP contribution in [0.15, 0.2) is 48.5 Å². The fourth-order valence-electron chi connectivity index (χ4n) is 3.25. The van der Waals surface area contributed by atoms with Gasteiger partial charge < -0.3 is 5.11 Å². The van der Waals surface area contributed by atoms with Crippen molar-refractivity contribution in [1.29, 1.82) is 0 Å². The molecule has 20 heavy (non-hydrogen) atoms. The highest BCUT2D eigenvalue weighted by molar-refractivity contribution is 6.45. The van der Waals surface area contributed by atoms with Gasteiger partial charge in [-0.15, -0.1) is 23.2 Å². The number of benzene rings is 2. The highest BCUT2D eigenvalue weighted by Crippen LogP contribution is 2.55. The predicted octanol–water partition coefficient (Wildman–Crippen LogP) is 4.64. The van der Waals surface area contributed by atoms with E-state index in [0.29, 0.717) is 0 Å². The van der Waals surface area contributed by atoms with E-state index in [4.69, 9.17) is 23.2 Å². The molecule has 0 spiro atoms. The van der Waals surface area contributed by atoms with E-state index >= 15 is 0 Å². The van der Waals surface area contributed by atoms with Gasteiger partial charge in [-0.25, -0.2) is 0 Å². The predicted molar refractivity (Wildman–Crippen MR) is 84.3 cm³/mol. The molecule has 3 heteroatoms. The lowest BCUT2D eigenvalue weighted by molar-refractivity contribution is -0.0207. The highest BCUT2D eigenvalue weighted by atomic mass is 35.5. The van der Waals surface area contributed by atoms with Crippen molar-refractivity contribution < 1.29 is 5.11 Å². The normalized spacial score (nSPS) is 23.3. The van der Waals surface area contributed by atoms with Gasteiger partial charge in [0.15, 0.2) is 0 Å². The van der Waals surface area contributed by atoms with Crippen LogP contribution < -0.4 is 0 Å². The average Bonchev–Trinajstić information content (AvgIpc) is 2.45. The van der Waals surface area contributed by atoms with E-state index in [2.05, 4.69) is 6.07 Å². The van der Waals surface area contributed by atoms with E-state index in [1.807, 2.05) is 56.3 Å². The first-order valence-electron chi connectivity index (χ1n) is 6.60. The molecule has 104 valence electrons. The second kappa shape index (κ2) is 4.49. The zero-order valence-corrected chi connectivity index (χ0v) is 12.9. The third-order valence-electron chi connectivity index (χ3n) is 4.50. The fourth-order valence-corrected chi connectivity index (χ4v) is 4.03. The number of aliphatic hydroxyl groups is 1. The van der Waals surface area contributed by atoms with Crippen LogP contribution in [0.3, 0.4) is 0 Å². The molecule has 1 unspecified atom stereocenters. The molecular formula is C17H16Cl2O. The Morgan fingerprint density at radius 1 is 0.850 bits per heavy atom. The molecule has 0 bridgehead atoms. The Balaban J connectivity index is 2.43. The summed E-state index contributed by atoms with van der Waals surface area (Å²) in [4.78, 5) is -0.910.